The van der Waals surface area contributed by atoms with E-state index in [2.05, 4.69) is 23.8 Å². The van der Waals surface area contributed by atoms with Crippen LogP contribution in [0, 0.1) is 5.92 Å². The molecule has 1 heterocycles. The highest BCUT2D eigenvalue weighted by atomic mass is 16.5. The zero-order valence-electron chi connectivity index (χ0n) is 10.3. The van der Waals surface area contributed by atoms with Crippen LogP contribution in [-0.2, 0) is 0 Å². The average Bonchev–Trinajstić information content (AvgIpc) is 2.17. The van der Waals surface area contributed by atoms with Crippen molar-refractivity contribution < 1.29 is 9.84 Å². The Morgan fingerprint density at radius 1 is 1.31 bits per heavy atom. The van der Waals surface area contributed by atoms with Crippen LogP contribution in [0.5, 0.6) is 5.88 Å². The highest BCUT2D eigenvalue weighted by Crippen LogP contribution is 2.27. The molecule has 0 saturated carbocycles. The molecule has 2 atom stereocenters. The van der Waals surface area contributed by atoms with Gasteiger partial charge in [0.25, 0.3) is 0 Å². The Bertz CT molecular complexity index is 319. The van der Waals surface area contributed by atoms with Crippen molar-refractivity contribution in [2.24, 2.45) is 5.92 Å². The number of ether oxygens (including phenoxy) is 1. The third-order valence-corrected chi connectivity index (χ3v) is 2.53. The largest absolute Gasteiger partial charge is 0.478 e. The lowest BCUT2D eigenvalue weighted by Crippen LogP contribution is -2.21. The van der Waals surface area contributed by atoms with E-state index in [1.807, 2.05) is 6.92 Å². The van der Waals surface area contributed by atoms with Gasteiger partial charge in [0.15, 0.2) is 0 Å². The fourth-order valence-corrected chi connectivity index (χ4v) is 1.91. The minimum Gasteiger partial charge on any atom is -0.478 e. The van der Waals surface area contributed by atoms with Crippen molar-refractivity contribution in [2.75, 3.05) is 6.61 Å². The molecule has 1 aromatic rings. The topological polar surface area (TPSA) is 55.2 Å². The number of aliphatic hydroxyl groups is 1. The Morgan fingerprint density at radius 2 is 2.00 bits per heavy atom. The van der Waals surface area contributed by atoms with Crippen LogP contribution >= 0.6 is 0 Å². The van der Waals surface area contributed by atoms with E-state index in [1.165, 1.54) is 6.33 Å². The minimum absolute atomic E-state index is 0.0159. The number of nitrogens with zero attached hydrogens (tertiary/aromatic N) is 2. The van der Waals surface area contributed by atoms with Gasteiger partial charge in [-0.25, -0.2) is 9.97 Å². The van der Waals surface area contributed by atoms with E-state index < -0.39 is 6.10 Å². The predicted octanol–water partition coefficient (Wildman–Crippen LogP) is 2.00. The van der Waals surface area contributed by atoms with E-state index in [4.69, 9.17) is 4.74 Å². The van der Waals surface area contributed by atoms with E-state index in [1.54, 1.807) is 13.0 Å². The van der Waals surface area contributed by atoms with Crippen LogP contribution < -0.4 is 4.74 Å². The summed E-state index contributed by atoms with van der Waals surface area (Å²) in [5.74, 6) is 0.908. The predicted molar refractivity (Wildman–Crippen MR) is 62.5 cm³/mol. The molecule has 4 heteroatoms. The zero-order chi connectivity index (χ0) is 12.1. The molecule has 0 aliphatic rings. The molecule has 0 radical (unpaired) electrons. The molecule has 0 amide bonds. The van der Waals surface area contributed by atoms with Gasteiger partial charge in [-0.2, -0.15) is 0 Å². The summed E-state index contributed by atoms with van der Waals surface area (Å²) in [7, 11) is 0. The summed E-state index contributed by atoms with van der Waals surface area (Å²) in [6.07, 6.45) is 1.06. The van der Waals surface area contributed by atoms with E-state index in [9.17, 15) is 5.11 Å². The van der Waals surface area contributed by atoms with E-state index >= 15 is 0 Å². The van der Waals surface area contributed by atoms with Crippen LogP contribution in [0.4, 0.5) is 0 Å². The summed E-state index contributed by atoms with van der Waals surface area (Å²) in [6.45, 7) is 8.42. The second kappa shape index (κ2) is 5.80. The third-order valence-electron chi connectivity index (χ3n) is 2.53. The molecule has 0 spiro atoms. The number of rotatable bonds is 5. The first-order valence-corrected chi connectivity index (χ1v) is 5.69. The molecule has 0 fully saturated rings. The lowest BCUT2D eigenvalue weighted by molar-refractivity contribution is 0.138. The molecular weight excluding hydrogens is 204 g/mol. The van der Waals surface area contributed by atoms with Crippen molar-refractivity contribution >= 4 is 0 Å². The van der Waals surface area contributed by atoms with Crippen LogP contribution in [0.25, 0.3) is 0 Å². The summed E-state index contributed by atoms with van der Waals surface area (Å²) < 4.78 is 5.32. The minimum atomic E-state index is -0.427. The molecule has 0 bridgehead atoms. The lowest BCUT2D eigenvalue weighted by atomic mass is 9.88. The lowest BCUT2D eigenvalue weighted by Gasteiger charge is -2.23. The zero-order valence-corrected chi connectivity index (χ0v) is 10.3. The van der Waals surface area contributed by atoms with Crippen LogP contribution in [-0.4, -0.2) is 27.8 Å². The maximum Gasteiger partial charge on any atom is 0.216 e. The van der Waals surface area contributed by atoms with Crippen molar-refractivity contribution in [2.45, 2.75) is 39.7 Å². The maximum absolute atomic E-state index is 9.76. The fraction of sp³-hybridized carbons (Fsp3) is 0.667. The molecular formula is C12H20N2O2. The first-order chi connectivity index (χ1) is 7.56. The van der Waals surface area contributed by atoms with Crippen molar-refractivity contribution in [3.05, 3.63) is 18.1 Å². The summed E-state index contributed by atoms with van der Waals surface area (Å²) in [6, 6.07) is 1.81. The molecule has 0 aromatic carbocycles. The summed E-state index contributed by atoms with van der Waals surface area (Å²) >= 11 is 0. The van der Waals surface area contributed by atoms with Crippen LogP contribution in [0.1, 0.15) is 39.3 Å². The second-order valence-electron chi connectivity index (χ2n) is 4.22. The van der Waals surface area contributed by atoms with Crippen molar-refractivity contribution in [3.63, 3.8) is 0 Å². The van der Waals surface area contributed by atoms with E-state index in [-0.39, 0.29) is 5.92 Å². The summed E-state index contributed by atoms with van der Waals surface area (Å²) in [4.78, 5) is 8.23. The van der Waals surface area contributed by atoms with Crippen molar-refractivity contribution in [3.8, 4) is 5.88 Å². The molecule has 16 heavy (non-hydrogen) atoms. The summed E-state index contributed by atoms with van der Waals surface area (Å²) in [5, 5.41) is 9.76. The van der Waals surface area contributed by atoms with Gasteiger partial charge in [-0.05, 0) is 19.8 Å². The van der Waals surface area contributed by atoms with Crippen LogP contribution in [0.15, 0.2) is 12.4 Å². The van der Waals surface area contributed by atoms with Gasteiger partial charge in [0.05, 0.1) is 18.4 Å². The van der Waals surface area contributed by atoms with E-state index in [0.717, 1.165) is 5.69 Å². The summed E-state index contributed by atoms with van der Waals surface area (Å²) in [5.41, 5.74) is 0.837. The highest BCUT2D eigenvalue weighted by Gasteiger charge is 2.23. The van der Waals surface area contributed by atoms with Crippen LogP contribution in [0.3, 0.4) is 0 Å². The fourth-order valence-electron chi connectivity index (χ4n) is 1.91. The molecule has 2 unspecified atom stereocenters. The standard InChI is InChI=1S/C12H20N2O2/c1-5-16-11-6-10(13-7-14-11)12(8(2)3)9(4)15/h6-9,12,15H,5H2,1-4H3. The van der Waals surface area contributed by atoms with E-state index in [0.29, 0.717) is 18.4 Å². The van der Waals surface area contributed by atoms with Gasteiger partial charge < -0.3 is 9.84 Å². The molecule has 0 aliphatic carbocycles. The quantitative estimate of drug-likeness (QED) is 0.831. The Balaban J connectivity index is 2.95. The molecule has 0 saturated heterocycles. The molecule has 1 rings (SSSR count). The third kappa shape index (κ3) is 3.17. The SMILES string of the molecule is CCOc1cc(C(C(C)C)C(C)O)ncn1. The Hall–Kier alpha value is -1.16. The molecule has 1 aromatic heterocycles. The average molecular weight is 224 g/mol. The second-order valence-corrected chi connectivity index (χ2v) is 4.22. The first-order valence-electron chi connectivity index (χ1n) is 5.69. The molecule has 4 nitrogen and oxygen atoms in total. The number of hydrogen-bond donors (Lipinski definition) is 1. The van der Waals surface area contributed by atoms with Gasteiger partial charge in [-0.1, -0.05) is 13.8 Å². The van der Waals surface area contributed by atoms with Gasteiger partial charge in [0.2, 0.25) is 5.88 Å². The van der Waals surface area contributed by atoms with Gasteiger partial charge >= 0.3 is 0 Å². The Kier molecular flexibility index (Phi) is 4.68. The Labute approximate surface area is 96.7 Å². The first kappa shape index (κ1) is 12.9. The number of aliphatic hydroxyl groups excluding tert-OH is 1. The number of hydrogen-bond acceptors (Lipinski definition) is 4. The van der Waals surface area contributed by atoms with Gasteiger partial charge in [0, 0.05) is 12.0 Å². The van der Waals surface area contributed by atoms with Crippen molar-refractivity contribution in [1.82, 2.24) is 9.97 Å². The normalized spacial score (nSPS) is 14.9. The maximum atomic E-state index is 9.76. The van der Waals surface area contributed by atoms with Gasteiger partial charge in [-0.3, -0.25) is 0 Å². The number of aromatic nitrogens is 2. The van der Waals surface area contributed by atoms with Crippen molar-refractivity contribution in [1.29, 1.82) is 0 Å². The smallest absolute Gasteiger partial charge is 0.216 e. The molecule has 1 N–H and O–H groups in total. The van der Waals surface area contributed by atoms with Gasteiger partial charge in [-0.15, -0.1) is 0 Å². The highest BCUT2D eigenvalue weighted by molar-refractivity contribution is 5.18. The monoisotopic (exact) mass is 224 g/mol. The van der Waals surface area contributed by atoms with Crippen LogP contribution in [0.2, 0.25) is 0 Å². The Morgan fingerprint density at radius 3 is 2.50 bits per heavy atom. The molecule has 90 valence electrons. The molecule has 0 aliphatic heterocycles. The van der Waals surface area contributed by atoms with Gasteiger partial charge in [0.1, 0.15) is 6.33 Å².